The van der Waals surface area contributed by atoms with Gasteiger partial charge in [0.1, 0.15) is 5.75 Å². The first-order chi connectivity index (χ1) is 11.9. The smallest absolute Gasteiger partial charge is 0.389 e. The number of halogens is 3. The van der Waals surface area contributed by atoms with Crippen molar-refractivity contribution in [3.05, 3.63) is 52.7 Å². The highest BCUT2D eigenvalue weighted by molar-refractivity contribution is 5.85. The van der Waals surface area contributed by atoms with Gasteiger partial charge in [-0.1, -0.05) is 18.2 Å². The minimum absolute atomic E-state index is 0.0944. The number of para-hydroxylation sites is 1. The highest BCUT2D eigenvalue weighted by atomic mass is 19.4. The van der Waals surface area contributed by atoms with Crippen LogP contribution < -0.4 is 10.2 Å². The number of hydrogen-bond donors (Lipinski definition) is 1. The van der Waals surface area contributed by atoms with Crippen molar-refractivity contribution in [3.63, 3.8) is 0 Å². The summed E-state index contributed by atoms with van der Waals surface area (Å²) < 4.78 is 41.7. The molecule has 1 aliphatic heterocycles. The number of benzene rings is 2. The summed E-state index contributed by atoms with van der Waals surface area (Å²) in [6.45, 7) is 0.288. The minimum atomic E-state index is -4.10. The molecule has 0 saturated heterocycles. The van der Waals surface area contributed by atoms with Gasteiger partial charge in [-0.05, 0) is 36.8 Å². The van der Waals surface area contributed by atoms with E-state index < -0.39 is 12.6 Å². The van der Waals surface area contributed by atoms with Crippen LogP contribution in [0.3, 0.4) is 0 Å². The fraction of sp³-hybridized carbons (Fsp3) is 0.316. The molecule has 0 fully saturated rings. The van der Waals surface area contributed by atoms with Crippen molar-refractivity contribution in [2.24, 2.45) is 0 Å². The zero-order valence-electron chi connectivity index (χ0n) is 13.5. The maximum atomic E-state index is 12.3. The molecule has 0 spiro atoms. The van der Waals surface area contributed by atoms with Crippen LogP contribution in [0.5, 0.6) is 5.75 Å². The van der Waals surface area contributed by atoms with Gasteiger partial charge in [0, 0.05) is 29.6 Å². The van der Waals surface area contributed by atoms with Crippen LogP contribution in [0.4, 0.5) is 13.2 Å². The summed E-state index contributed by atoms with van der Waals surface area (Å²) in [7, 11) is 0. The third kappa shape index (κ3) is 4.53. The van der Waals surface area contributed by atoms with Crippen LogP contribution in [-0.4, -0.2) is 17.8 Å². The number of aromatic nitrogens is 1. The third-order valence-electron chi connectivity index (χ3n) is 4.02. The number of nitrogens with one attached hydrogen (secondary N) is 1. The molecule has 1 aliphatic carbocycles. The topological polar surface area (TPSA) is 42.1 Å². The van der Waals surface area contributed by atoms with E-state index in [4.69, 9.17) is 4.74 Å². The second-order valence-corrected chi connectivity index (χ2v) is 6.01. The average molecular weight is 349 g/mol. The molecule has 0 atom stereocenters. The van der Waals surface area contributed by atoms with Gasteiger partial charge >= 0.3 is 6.18 Å². The van der Waals surface area contributed by atoms with Crippen LogP contribution in [0.1, 0.15) is 25.7 Å². The molecule has 25 heavy (non-hydrogen) atoms. The first-order valence-electron chi connectivity index (χ1n) is 8.18. The van der Waals surface area contributed by atoms with E-state index in [1.54, 1.807) is 6.07 Å². The van der Waals surface area contributed by atoms with Gasteiger partial charge in [-0.3, -0.25) is 4.79 Å². The summed E-state index contributed by atoms with van der Waals surface area (Å²) in [6, 6.07) is 12.7. The van der Waals surface area contributed by atoms with Gasteiger partial charge in [0.25, 0.3) is 0 Å². The Labute approximate surface area is 142 Å². The lowest BCUT2D eigenvalue weighted by Crippen LogP contribution is -2.09. The Hall–Kier alpha value is -2.50. The molecule has 2 aliphatic rings. The Morgan fingerprint density at radius 3 is 2.60 bits per heavy atom. The molecule has 0 aromatic heterocycles. The lowest BCUT2D eigenvalue weighted by molar-refractivity contribution is -0.135. The SMILES string of the molecule is O=c1cc(OCCCCCC(F)(F)F)cc2[nH]c3ccccc3cc1-2. The Morgan fingerprint density at radius 2 is 1.80 bits per heavy atom. The van der Waals surface area contributed by atoms with E-state index in [1.165, 1.54) is 6.07 Å². The fourth-order valence-corrected chi connectivity index (χ4v) is 2.77. The van der Waals surface area contributed by atoms with Gasteiger partial charge in [0.2, 0.25) is 0 Å². The number of ether oxygens (including phenoxy) is 1. The normalized spacial score (nSPS) is 12.0. The number of hydrogen-bond acceptors (Lipinski definition) is 2. The highest BCUT2D eigenvalue weighted by Crippen LogP contribution is 2.26. The van der Waals surface area contributed by atoms with E-state index in [0.717, 1.165) is 10.9 Å². The predicted molar refractivity (Wildman–Crippen MR) is 91.2 cm³/mol. The van der Waals surface area contributed by atoms with Gasteiger partial charge in [-0.25, -0.2) is 0 Å². The Morgan fingerprint density at radius 1 is 1.00 bits per heavy atom. The average Bonchev–Trinajstić information content (AvgIpc) is 2.55. The van der Waals surface area contributed by atoms with Gasteiger partial charge in [0.05, 0.1) is 12.3 Å². The second-order valence-electron chi connectivity index (χ2n) is 6.01. The van der Waals surface area contributed by atoms with Crippen molar-refractivity contribution in [3.8, 4) is 17.0 Å². The van der Waals surface area contributed by atoms with Crippen molar-refractivity contribution in [1.82, 2.24) is 4.98 Å². The summed E-state index contributed by atoms with van der Waals surface area (Å²) in [5.41, 5.74) is 2.03. The predicted octanol–water partition coefficient (Wildman–Crippen LogP) is 5.13. The van der Waals surface area contributed by atoms with Gasteiger partial charge in [-0.15, -0.1) is 0 Å². The summed E-state index contributed by atoms with van der Waals surface area (Å²) in [5, 5.41) is 0.949. The molecule has 0 saturated carbocycles. The van der Waals surface area contributed by atoms with Crippen LogP contribution in [0.15, 0.2) is 47.3 Å². The molecule has 1 N–H and O–H groups in total. The number of H-pyrrole nitrogens is 1. The number of rotatable bonds is 6. The highest BCUT2D eigenvalue weighted by Gasteiger charge is 2.25. The van der Waals surface area contributed by atoms with Crippen LogP contribution in [-0.2, 0) is 0 Å². The third-order valence-corrected chi connectivity index (χ3v) is 4.02. The standard InChI is InChI=1S/C19H18F3NO2/c20-19(21,22)8-4-1-5-9-25-14-11-17-15(18(24)12-14)10-13-6-2-3-7-16(13)23-17/h2-3,6-7,10-12,23H,1,4-5,8-9H2. The number of aromatic amines is 1. The van der Waals surface area contributed by atoms with E-state index in [0.29, 0.717) is 29.8 Å². The molecular formula is C19H18F3NO2. The lowest BCUT2D eigenvalue weighted by atomic mass is 10.1. The second kappa shape index (κ2) is 7.17. The molecule has 1 heterocycles. The lowest BCUT2D eigenvalue weighted by Gasteiger charge is -2.11. The Kier molecular flexibility index (Phi) is 4.97. The molecule has 1 aromatic rings. The summed E-state index contributed by atoms with van der Waals surface area (Å²) in [5.74, 6) is 0.430. The molecular weight excluding hydrogens is 331 g/mol. The van der Waals surface area contributed by atoms with Crippen molar-refractivity contribution < 1.29 is 17.9 Å². The number of alkyl halides is 3. The van der Waals surface area contributed by atoms with Crippen molar-refractivity contribution in [1.29, 1.82) is 0 Å². The summed E-state index contributed by atoms with van der Waals surface area (Å²) >= 11 is 0. The summed E-state index contributed by atoms with van der Waals surface area (Å²) in [6.07, 6.45) is -3.82. The van der Waals surface area contributed by atoms with Crippen LogP contribution >= 0.6 is 0 Å². The Bertz CT molecular complexity index is 886. The molecule has 132 valence electrons. The van der Waals surface area contributed by atoms with Crippen LogP contribution in [0, 0.1) is 0 Å². The van der Waals surface area contributed by atoms with E-state index in [-0.39, 0.29) is 18.5 Å². The molecule has 1 aromatic carbocycles. The maximum Gasteiger partial charge on any atom is 0.389 e. The largest absolute Gasteiger partial charge is 0.493 e. The molecule has 6 heteroatoms. The Balaban J connectivity index is 1.66. The van der Waals surface area contributed by atoms with E-state index >= 15 is 0 Å². The van der Waals surface area contributed by atoms with Crippen molar-refractivity contribution >= 4 is 10.9 Å². The molecule has 3 rings (SSSR count). The first-order valence-corrected chi connectivity index (χ1v) is 8.18. The fourth-order valence-electron chi connectivity index (χ4n) is 2.77. The first kappa shape index (κ1) is 17.3. The number of unbranched alkanes of at least 4 members (excludes halogenated alkanes) is 2. The molecule has 0 bridgehead atoms. The molecule has 0 amide bonds. The quantitative estimate of drug-likeness (QED) is 0.495. The van der Waals surface area contributed by atoms with E-state index in [2.05, 4.69) is 4.98 Å². The monoisotopic (exact) mass is 349 g/mol. The molecule has 3 nitrogen and oxygen atoms in total. The maximum absolute atomic E-state index is 12.3. The van der Waals surface area contributed by atoms with E-state index in [9.17, 15) is 18.0 Å². The summed E-state index contributed by atoms with van der Waals surface area (Å²) in [4.78, 5) is 15.5. The zero-order chi connectivity index (χ0) is 17.9. The minimum Gasteiger partial charge on any atom is -0.493 e. The van der Waals surface area contributed by atoms with Gasteiger partial charge < -0.3 is 9.72 Å². The number of pyridine rings is 1. The van der Waals surface area contributed by atoms with E-state index in [1.807, 2.05) is 30.3 Å². The van der Waals surface area contributed by atoms with Gasteiger partial charge in [-0.2, -0.15) is 13.2 Å². The molecule has 0 radical (unpaired) electrons. The molecule has 0 unspecified atom stereocenters. The van der Waals surface area contributed by atoms with Crippen molar-refractivity contribution in [2.45, 2.75) is 31.9 Å². The number of fused-ring (bicyclic) bond motifs is 2. The van der Waals surface area contributed by atoms with Gasteiger partial charge in [0.15, 0.2) is 5.43 Å². The zero-order valence-corrected chi connectivity index (χ0v) is 13.5. The van der Waals surface area contributed by atoms with Crippen molar-refractivity contribution in [2.75, 3.05) is 6.61 Å². The van der Waals surface area contributed by atoms with Crippen LogP contribution in [0.25, 0.3) is 22.2 Å². The van der Waals surface area contributed by atoms with Crippen LogP contribution in [0.2, 0.25) is 0 Å².